The van der Waals surface area contributed by atoms with E-state index in [-0.39, 0.29) is 0 Å². The first-order valence-electron chi connectivity index (χ1n) is 6.50. The highest BCUT2D eigenvalue weighted by atomic mass is 32.2. The van der Waals surface area contributed by atoms with Gasteiger partial charge in [0.1, 0.15) is 4.90 Å². The lowest BCUT2D eigenvalue weighted by Crippen LogP contribution is -2.23. The second-order valence-corrected chi connectivity index (χ2v) is 8.17. The van der Waals surface area contributed by atoms with Crippen LogP contribution in [0.4, 0.5) is 5.69 Å². The lowest BCUT2D eigenvalue weighted by atomic mass is 10.1. The van der Waals surface area contributed by atoms with Gasteiger partial charge in [0.25, 0.3) is 0 Å². The molecule has 0 aromatic heterocycles. The van der Waals surface area contributed by atoms with E-state index >= 15 is 0 Å². The summed E-state index contributed by atoms with van der Waals surface area (Å²) < 4.78 is 25.7. The number of nitrogens with one attached hydrogen (secondary N) is 1. The van der Waals surface area contributed by atoms with Crippen molar-refractivity contribution in [3.8, 4) is 0 Å². The predicted octanol–water partition coefficient (Wildman–Crippen LogP) is 2.39. The zero-order valence-corrected chi connectivity index (χ0v) is 12.8. The molecule has 1 aromatic rings. The maximum atomic E-state index is 12.2. The summed E-state index contributed by atoms with van der Waals surface area (Å²) in [6, 6.07) is 7.08. The van der Waals surface area contributed by atoms with Crippen LogP contribution in [0.3, 0.4) is 0 Å². The zero-order chi connectivity index (χ0) is 14.3. The molecule has 1 saturated carbocycles. The van der Waals surface area contributed by atoms with Crippen molar-refractivity contribution < 1.29 is 8.42 Å². The Morgan fingerprint density at radius 1 is 1.32 bits per heavy atom. The number of rotatable bonds is 5. The summed E-state index contributed by atoms with van der Waals surface area (Å²) in [5.41, 5.74) is 1.08. The maximum absolute atomic E-state index is 12.2. The van der Waals surface area contributed by atoms with Crippen LogP contribution in [0.15, 0.2) is 29.2 Å². The topological polar surface area (TPSA) is 49.4 Å². The van der Waals surface area contributed by atoms with Gasteiger partial charge in [-0.2, -0.15) is 0 Å². The first kappa shape index (κ1) is 14.3. The minimum absolute atomic E-state index is 0.346. The highest BCUT2D eigenvalue weighted by molar-refractivity contribution is 7.89. The molecule has 1 fully saturated rings. The van der Waals surface area contributed by atoms with Crippen molar-refractivity contribution in [3.63, 3.8) is 0 Å². The molecule has 1 aromatic carbocycles. The SMILES string of the molecule is CN(C)S(=O)(=O)c1ccccc1NCC1CC1(C)C. The van der Waals surface area contributed by atoms with Gasteiger partial charge in [-0.1, -0.05) is 26.0 Å². The third-order valence-corrected chi connectivity index (χ3v) is 5.78. The van der Waals surface area contributed by atoms with Gasteiger partial charge in [0.15, 0.2) is 0 Å². The number of benzene rings is 1. The number of anilines is 1. The molecule has 1 N–H and O–H groups in total. The van der Waals surface area contributed by atoms with E-state index in [1.807, 2.05) is 12.1 Å². The molecule has 1 atom stereocenters. The van der Waals surface area contributed by atoms with Crippen molar-refractivity contribution in [2.45, 2.75) is 25.2 Å². The first-order valence-corrected chi connectivity index (χ1v) is 7.94. The fourth-order valence-electron chi connectivity index (χ4n) is 2.19. The minimum Gasteiger partial charge on any atom is -0.384 e. The predicted molar refractivity (Wildman–Crippen MR) is 77.7 cm³/mol. The van der Waals surface area contributed by atoms with E-state index in [4.69, 9.17) is 0 Å². The molecular formula is C14H22N2O2S. The lowest BCUT2D eigenvalue weighted by molar-refractivity contribution is 0.521. The van der Waals surface area contributed by atoms with Gasteiger partial charge in [-0.25, -0.2) is 12.7 Å². The van der Waals surface area contributed by atoms with Crippen LogP contribution in [0.2, 0.25) is 0 Å². The fraction of sp³-hybridized carbons (Fsp3) is 0.571. The molecule has 1 aliphatic rings. The van der Waals surface area contributed by atoms with Gasteiger partial charge in [0.05, 0.1) is 5.69 Å². The Labute approximate surface area is 115 Å². The molecule has 2 rings (SSSR count). The van der Waals surface area contributed by atoms with Crippen LogP contribution in [-0.2, 0) is 10.0 Å². The number of para-hydroxylation sites is 1. The molecule has 1 aliphatic carbocycles. The van der Waals surface area contributed by atoms with E-state index in [2.05, 4.69) is 19.2 Å². The van der Waals surface area contributed by atoms with E-state index in [9.17, 15) is 8.42 Å². The molecular weight excluding hydrogens is 260 g/mol. The molecule has 19 heavy (non-hydrogen) atoms. The average Bonchev–Trinajstić information content (AvgIpc) is 2.94. The molecule has 0 aliphatic heterocycles. The molecule has 5 heteroatoms. The molecule has 0 bridgehead atoms. The first-order chi connectivity index (χ1) is 8.75. The Morgan fingerprint density at radius 2 is 1.89 bits per heavy atom. The summed E-state index contributed by atoms with van der Waals surface area (Å²) in [7, 11) is -0.290. The van der Waals surface area contributed by atoms with Gasteiger partial charge in [0, 0.05) is 20.6 Å². The van der Waals surface area contributed by atoms with Gasteiger partial charge < -0.3 is 5.32 Å². The number of sulfonamides is 1. The van der Waals surface area contributed by atoms with Gasteiger partial charge in [-0.3, -0.25) is 0 Å². The van der Waals surface area contributed by atoms with Crippen molar-refractivity contribution >= 4 is 15.7 Å². The van der Waals surface area contributed by atoms with E-state index in [1.165, 1.54) is 10.7 Å². The van der Waals surface area contributed by atoms with Gasteiger partial charge in [-0.05, 0) is 29.9 Å². The highest BCUT2D eigenvalue weighted by Gasteiger charge is 2.45. The van der Waals surface area contributed by atoms with E-state index < -0.39 is 10.0 Å². The number of hydrogen-bond acceptors (Lipinski definition) is 3. The molecule has 0 spiro atoms. The Kier molecular flexibility index (Phi) is 3.62. The Bertz CT molecular complexity index is 565. The second-order valence-electron chi connectivity index (χ2n) is 6.05. The van der Waals surface area contributed by atoms with Gasteiger partial charge in [-0.15, -0.1) is 0 Å². The summed E-state index contributed by atoms with van der Waals surface area (Å²) in [6.07, 6.45) is 1.20. The number of hydrogen-bond donors (Lipinski definition) is 1. The molecule has 1 unspecified atom stereocenters. The summed E-state index contributed by atoms with van der Waals surface area (Å²) in [5, 5.41) is 3.29. The van der Waals surface area contributed by atoms with Crippen LogP contribution >= 0.6 is 0 Å². The lowest BCUT2D eigenvalue weighted by Gasteiger charge is -2.16. The molecule has 0 saturated heterocycles. The normalized spacial score (nSPS) is 21.4. The second kappa shape index (κ2) is 4.80. The number of nitrogens with zero attached hydrogens (tertiary/aromatic N) is 1. The maximum Gasteiger partial charge on any atom is 0.244 e. The Balaban J connectivity index is 2.18. The van der Waals surface area contributed by atoms with Crippen LogP contribution in [0, 0.1) is 11.3 Å². The van der Waals surface area contributed by atoms with E-state index in [1.54, 1.807) is 26.2 Å². The molecule has 4 nitrogen and oxygen atoms in total. The summed E-state index contributed by atoms with van der Waals surface area (Å²) >= 11 is 0. The van der Waals surface area contributed by atoms with Crippen molar-refractivity contribution in [3.05, 3.63) is 24.3 Å². The molecule has 0 amide bonds. The van der Waals surface area contributed by atoms with Crippen LogP contribution < -0.4 is 5.32 Å². The van der Waals surface area contributed by atoms with E-state index in [0.29, 0.717) is 21.9 Å². The molecule has 0 radical (unpaired) electrons. The van der Waals surface area contributed by atoms with Crippen LogP contribution in [-0.4, -0.2) is 33.4 Å². The van der Waals surface area contributed by atoms with Crippen LogP contribution in [0.5, 0.6) is 0 Å². The summed E-state index contributed by atoms with van der Waals surface area (Å²) in [6.45, 7) is 5.30. The minimum atomic E-state index is -3.39. The average molecular weight is 282 g/mol. The van der Waals surface area contributed by atoms with Gasteiger partial charge in [0.2, 0.25) is 10.0 Å². The smallest absolute Gasteiger partial charge is 0.244 e. The van der Waals surface area contributed by atoms with Crippen LogP contribution in [0.25, 0.3) is 0 Å². The van der Waals surface area contributed by atoms with Crippen molar-refractivity contribution in [1.82, 2.24) is 4.31 Å². The quantitative estimate of drug-likeness (QED) is 0.902. The van der Waals surface area contributed by atoms with Crippen molar-refractivity contribution in [2.75, 3.05) is 26.0 Å². The standard InChI is InChI=1S/C14H22N2O2S/c1-14(2)9-11(14)10-15-12-7-5-6-8-13(12)19(17,18)16(3)4/h5-8,11,15H,9-10H2,1-4H3. The molecule has 0 heterocycles. The van der Waals surface area contributed by atoms with Crippen molar-refractivity contribution in [1.29, 1.82) is 0 Å². The summed E-state index contributed by atoms with van der Waals surface area (Å²) in [5.74, 6) is 0.627. The highest BCUT2D eigenvalue weighted by Crippen LogP contribution is 2.51. The van der Waals surface area contributed by atoms with Gasteiger partial charge >= 0.3 is 0 Å². The largest absolute Gasteiger partial charge is 0.384 e. The Morgan fingerprint density at radius 3 is 2.42 bits per heavy atom. The van der Waals surface area contributed by atoms with Crippen molar-refractivity contribution in [2.24, 2.45) is 11.3 Å². The van der Waals surface area contributed by atoms with E-state index in [0.717, 1.165) is 6.54 Å². The summed E-state index contributed by atoms with van der Waals surface area (Å²) in [4.78, 5) is 0.346. The third-order valence-electron chi connectivity index (χ3n) is 3.90. The molecule has 106 valence electrons. The zero-order valence-electron chi connectivity index (χ0n) is 12.0. The fourth-order valence-corrected chi connectivity index (χ4v) is 3.25. The monoisotopic (exact) mass is 282 g/mol. The third kappa shape index (κ3) is 2.92. The Hall–Kier alpha value is -1.07. The van der Waals surface area contributed by atoms with Crippen LogP contribution in [0.1, 0.15) is 20.3 Å².